The van der Waals surface area contributed by atoms with Gasteiger partial charge in [-0.05, 0) is 40.9 Å². The van der Waals surface area contributed by atoms with Crippen molar-refractivity contribution in [3.63, 3.8) is 0 Å². The van der Waals surface area contributed by atoms with E-state index in [0.29, 0.717) is 0 Å². The van der Waals surface area contributed by atoms with Gasteiger partial charge in [-0.25, -0.2) is 4.98 Å². The average molecular weight is 259 g/mol. The molecule has 0 fully saturated rings. The fourth-order valence-corrected chi connectivity index (χ4v) is 1.32. The zero-order chi connectivity index (χ0) is 10.6. The van der Waals surface area contributed by atoms with Gasteiger partial charge in [-0.2, -0.15) is 0 Å². The van der Waals surface area contributed by atoms with Crippen LogP contribution in [0.1, 0.15) is 18.9 Å². The lowest BCUT2D eigenvalue weighted by Crippen LogP contribution is -2.23. The summed E-state index contributed by atoms with van der Waals surface area (Å²) in [6, 6.07) is 2.05. The third-order valence-electron chi connectivity index (χ3n) is 2.11. The van der Waals surface area contributed by atoms with Gasteiger partial charge in [0.1, 0.15) is 5.82 Å². The van der Waals surface area contributed by atoms with E-state index >= 15 is 0 Å². The summed E-state index contributed by atoms with van der Waals surface area (Å²) in [7, 11) is 0. The molecule has 1 rings (SSSR count). The van der Waals surface area contributed by atoms with Gasteiger partial charge in [0.15, 0.2) is 0 Å². The van der Waals surface area contributed by atoms with Crippen LogP contribution in [-0.2, 0) is 0 Å². The number of nitrogens with one attached hydrogen (secondary N) is 1. The largest absolute Gasteiger partial charge is 0.394 e. The van der Waals surface area contributed by atoms with Crippen molar-refractivity contribution in [2.75, 3.05) is 11.9 Å². The van der Waals surface area contributed by atoms with Crippen LogP contribution in [0.15, 0.2) is 16.7 Å². The van der Waals surface area contributed by atoms with Gasteiger partial charge in [0.25, 0.3) is 0 Å². The minimum atomic E-state index is 0.0862. The van der Waals surface area contributed by atoms with Crippen molar-refractivity contribution in [1.82, 2.24) is 4.98 Å². The second-order valence-corrected chi connectivity index (χ2v) is 4.11. The van der Waals surface area contributed by atoms with E-state index in [0.717, 1.165) is 22.3 Å². The Morgan fingerprint density at radius 2 is 2.36 bits per heavy atom. The molecule has 0 saturated heterocycles. The van der Waals surface area contributed by atoms with Crippen LogP contribution in [0.3, 0.4) is 0 Å². The first-order valence-corrected chi connectivity index (χ1v) is 5.46. The minimum absolute atomic E-state index is 0.0862. The van der Waals surface area contributed by atoms with Crippen LogP contribution in [0, 0.1) is 6.92 Å². The molecule has 0 aliphatic carbocycles. The molecular formula is C10H15BrN2O. The Kier molecular flexibility index (Phi) is 4.35. The molecule has 0 saturated carbocycles. The molecule has 1 aromatic rings. The van der Waals surface area contributed by atoms with Gasteiger partial charge in [0.05, 0.1) is 12.6 Å². The number of pyridine rings is 1. The summed E-state index contributed by atoms with van der Waals surface area (Å²) in [5.74, 6) is 0.812. The molecule has 0 aliphatic heterocycles. The summed E-state index contributed by atoms with van der Waals surface area (Å²) < 4.78 is 1.00. The first-order chi connectivity index (χ1) is 6.67. The normalized spacial score (nSPS) is 12.6. The predicted molar refractivity (Wildman–Crippen MR) is 61.5 cm³/mol. The molecule has 0 spiro atoms. The van der Waals surface area contributed by atoms with Crippen LogP contribution >= 0.6 is 15.9 Å². The molecule has 0 amide bonds. The maximum Gasteiger partial charge on any atom is 0.126 e. The first-order valence-electron chi connectivity index (χ1n) is 4.67. The molecule has 1 aromatic heterocycles. The highest BCUT2D eigenvalue weighted by Gasteiger charge is 2.05. The van der Waals surface area contributed by atoms with E-state index in [4.69, 9.17) is 5.11 Å². The second-order valence-electron chi connectivity index (χ2n) is 3.25. The standard InChI is InChI=1S/C10H15BrN2O/c1-3-8(6-14)13-10-4-7(2)9(11)5-12-10/h4-5,8,14H,3,6H2,1-2H3,(H,12,13). The van der Waals surface area contributed by atoms with E-state index in [-0.39, 0.29) is 12.6 Å². The van der Waals surface area contributed by atoms with E-state index in [1.165, 1.54) is 0 Å². The predicted octanol–water partition coefficient (Wildman–Crippen LogP) is 2.34. The van der Waals surface area contributed by atoms with Gasteiger partial charge in [0.2, 0.25) is 0 Å². The average Bonchev–Trinajstić information content (AvgIpc) is 2.19. The fourth-order valence-electron chi connectivity index (χ4n) is 1.10. The maximum atomic E-state index is 9.01. The third-order valence-corrected chi connectivity index (χ3v) is 2.94. The van der Waals surface area contributed by atoms with E-state index in [2.05, 4.69) is 26.2 Å². The Balaban J connectivity index is 2.72. The summed E-state index contributed by atoms with van der Waals surface area (Å²) in [5, 5.41) is 12.2. The van der Waals surface area contributed by atoms with Crippen molar-refractivity contribution in [3.8, 4) is 0 Å². The van der Waals surface area contributed by atoms with E-state index < -0.39 is 0 Å². The number of nitrogens with zero attached hydrogens (tertiary/aromatic N) is 1. The molecule has 0 aliphatic rings. The van der Waals surface area contributed by atoms with Crippen molar-refractivity contribution >= 4 is 21.7 Å². The van der Waals surface area contributed by atoms with Crippen LogP contribution in [0.25, 0.3) is 0 Å². The van der Waals surface area contributed by atoms with Gasteiger partial charge in [-0.15, -0.1) is 0 Å². The lowest BCUT2D eigenvalue weighted by atomic mass is 10.2. The Bertz CT molecular complexity index is 300. The summed E-state index contributed by atoms with van der Waals surface area (Å²) in [6.07, 6.45) is 2.65. The topological polar surface area (TPSA) is 45.1 Å². The zero-order valence-corrected chi connectivity index (χ0v) is 10.0. The van der Waals surface area contributed by atoms with Crippen molar-refractivity contribution in [1.29, 1.82) is 0 Å². The lowest BCUT2D eigenvalue weighted by Gasteiger charge is -2.14. The summed E-state index contributed by atoms with van der Waals surface area (Å²) in [4.78, 5) is 4.21. The smallest absolute Gasteiger partial charge is 0.126 e. The molecule has 0 aromatic carbocycles. The highest BCUT2D eigenvalue weighted by atomic mass is 79.9. The quantitative estimate of drug-likeness (QED) is 0.872. The highest BCUT2D eigenvalue weighted by molar-refractivity contribution is 9.10. The number of anilines is 1. The number of aliphatic hydroxyl groups is 1. The van der Waals surface area contributed by atoms with Gasteiger partial charge in [0, 0.05) is 10.7 Å². The Morgan fingerprint density at radius 3 is 2.86 bits per heavy atom. The maximum absolute atomic E-state index is 9.01. The molecule has 0 bridgehead atoms. The Hall–Kier alpha value is -0.610. The summed E-state index contributed by atoms with van der Waals surface area (Å²) in [5.41, 5.74) is 1.13. The van der Waals surface area contributed by atoms with Crippen molar-refractivity contribution in [2.24, 2.45) is 0 Å². The van der Waals surface area contributed by atoms with Crippen LogP contribution in [0.2, 0.25) is 0 Å². The SMILES string of the molecule is CCC(CO)Nc1cc(C)c(Br)cn1. The molecule has 1 heterocycles. The third kappa shape index (κ3) is 2.96. The van der Waals surface area contributed by atoms with Gasteiger partial charge in [-0.3, -0.25) is 0 Å². The number of aryl methyl sites for hydroxylation is 1. The molecule has 1 atom stereocenters. The van der Waals surface area contributed by atoms with Gasteiger partial charge >= 0.3 is 0 Å². The van der Waals surface area contributed by atoms with Crippen molar-refractivity contribution in [3.05, 3.63) is 22.3 Å². The monoisotopic (exact) mass is 258 g/mol. The highest BCUT2D eigenvalue weighted by Crippen LogP contribution is 2.17. The van der Waals surface area contributed by atoms with Crippen molar-refractivity contribution in [2.45, 2.75) is 26.3 Å². The summed E-state index contributed by atoms with van der Waals surface area (Å²) in [6.45, 7) is 4.17. The van der Waals surface area contributed by atoms with Crippen LogP contribution in [-0.4, -0.2) is 22.7 Å². The van der Waals surface area contributed by atoms with Crippen LogP contribution in [0.4, 0.5) is 5.82 Å². The number of hydrogen-bond acceptors (Lipinski definition) is 3. The van der Waals surface area contributed by atoms with E-state index in [1.807, 2.05) is 19.9 Å². The van der Waals surface area contributed by atoms with Crippen molar-refractivity contribution < 1.29 is 5.11 Å². The number of hydrogen-bond donors (Lipinski definition) is 2. The Morgan fingerprint density at radius 1 is 1.64 bits per heavy atom. The number of aromatic nitrogens is 1. The molecule has 2 N–H and O–H groups in total. The van der Waals surface area contributed by atoms with E-state index in [1.54, 1.807) is 6.20 Å². The molecule has 3 nitrogen and oxygen atoms in total. The number of aliphatic hydroxyl groups excluding tert-OH is 1. The van der Waals surface area contributed by atoms with Gasteiger partial charge < -0.3 is 10.4 Å². The summed E-state index contributed by atoms with van der Waals surface area (Å²) >= 11 is 3.39. The van der Waals surface area contributed by atoms with Gasteiger partial charge in [-0.1, -0.05) is 6.92 Å². The zero-order valence-electron chi connectivity index (χ0n) is 8.42. The molecule has 14 heavy (non-hydrogen) atoms. The molecule has 4 heteroatoms. The van der Waals surface area contributed by atoms with E-state index in [9.17, 15) is 0 Å². The lowest BCUT2D eigenvalue weighted by molar-refractivity contribution is 0.271. The number of rotatable bonds is 4. The van der Waals surface area contributed by atoms with Crippen LogP contribution in [0.5, 0.6) is 0 Å². The molecule has 1 unspecified atom stereocenters. The fraction of sp³-hybridized carbons (Fsp3) is 0.500. The molecule has 78 valence electrons. The van der Waals surface area contributed by atoms with Crippen LogP contribution < -0.4 is 5.32 Å². The minimum Gasteiger partial charge on any atom is -0.394 e. The molecular weight excluding hydrogens is 244 g/mol. The molecule has 0 radical (unpaired) electrons. The Labute approximate surface area is 92.7 Å². The number of halogens is 1. The second kappa shape index (κ2) is 5.32. The first kappa shape index (κ1) is 11.5.